The first-order valence-electron chi connectivity index (χ1n) is 8.76. The normalized spacial score (nSPS) is 10.9. The first-order chi connectivity index (χ1) is 14.4. The number of carbonyl (C=O) groups is 2. The van der Waals surface area contributed by atoms with Crippen LogP contribution < -0.4 is 5.32 Å². The molecule has 154 valence electrons. The first kappa shape index (κ1) is 21.9. The van der Waals surface area contributed by atoms with Crippen LogP contribution in [0.5, 0.6) is 0 Å². The van der Waals surface area contributed by atoms with Crippen LogP contribution in [0.15, 0.2) is 53.1 Å². The van der Waals surface area contributed by atoms with Crippen molar-refractivity contribution in [3.05, 3.63) is 74.7 Å². The van der Waals surface area contributed by atoms with E-state index < -0.39 is 11.9 Å². The van der Waals surface area contributed by atoms with Gasteiger partial charge in [-0.3, -0.25) is 10.1 Å². The molecule has 0 aliphatic rings. The Morgan fingerprint density at radius 3 is 2.47 bits per heavy atom. The lowest BCUT2D eigenvalue weighted by molar-refractivity contribution is -0.112. The van der Waals surface area contributed by atoms with Crippen LogP contribution in [-0.2, 0) is 9.53 Å². The van der Waals surface area contributed by atoms with Gasteiger partial charge in [-0.1, -0.05) is 58.2 Å². The number of carbonyl (C=O) groups excluding carboxylic acids is 2. The molecule has 1 N–H and O–H groups in total. The van der Waals surface area contributed by atoms with Crippen LogP contribution in [-0.4, -0.2) is 23.6 Å². The van der Waals surface area contributed by atoms with Gasteiger partial charge in [-0.05, 0) is 42.8 Å². The number of ether oxygens (including phenoxy) is 1. The summed E-state index contributed by atoms with van der Waals surface area (Å²) in [4.78, 5) is 24.8. The highest BCUT2D eigenvalue weighted by atomic mass is 35.5. The van der Waals surface area contributed by atoms with Gasteiger partial charge >= 0.3 is 5.97 Å². The van der Waals surface area contributed by atoms with Crippen LogP contribution in [0.3, 0.4) is 0 Å². The molecule has 0 bridgehead atoms. The number of hydrogen-bond donors (Lipinski definition) is 1. The Balaban J connectivity index is 1.87. The van der Waals surface area contributed by atoms with Crippen LogP contribution in [0.2, 0.25) is 15.1 Å². The van der Waals surface area contributed by atoms with Gasteiger partial charge in [0.15, 0.2) is 5.56 Å². The van der Waals surface area contributed by atoms with Crippen molar-refractivity contribution in [1.29, 1.82) is 0 Å². The second-order valence-corrected chi connectivity index (χ2v) is 7.23. The van der Waals surface area contributed by atoms with Gasteiger partial charge in [0.25, 0.3) is 5.91 Å². The molecule has 1 heterocycles. The number of aromatic nitrogens is 1. The number of rotatable bonds is 6. The van der Waals surface area contributed by atoms with Gasteiger partial charge in [-0.2, -0.15) is 0 Å². The third-order valence-electron chi connectivity index (χ3n) is 3.90. The smallest absolute Gasteiger partial charge is 0.346 e. The van der Waals surface area contributed by atoms with Crippen LogP contribution >= 0.6 is 34.8 Å². The van der Waals surface area contributed by atoms with E-state index >= 15 is 0 Å². The minimum atomic E-state index is -0.677. The second kappa shape index (κ2) is 9.80. The largest absolute Gasteiger partial charge is 0.462 e. The first-order valence-corrected chi connectivity index (χ1v) is 9.89. The number of hydrogen-bond acceptors (Lipinski definition) is 5. The standard InChI is InChI=1S/C21H15Cl3N2O4/c1-2-29-21(28)18-19(13-4-7-14(22)8-5-13)26-30-20(18)25-17(27)10-6-12-3-9-15(23)11-16(12)24/h3-11H,2H2,1H3,(H,25,27)/b10-6+. The Morgan fingerprint density at radius 1 is 1.10 bits per heavy atom. The Morgan fingerprint density at radius 2 is 1.80 bits per heavy atom. The minimum Gasteiger partial charge on any atom is -0.462 e. The van der Waals surface area contributed by atoms with Crippen molar-refractivity contribution < 1.29 is 18.8 Å². The van der Waals surface area contributed by atoms with Crippen molar-refractivity contribution in [2.75, 3.05) is 11.9 Å². The number of esters is 1. The molecule has 0 fully saturated rings. The number of halogens is 3. The maximum Gasteiger partial charge on any atom is 0.346 e. The molecule has 0 saturated heterocycles. The van der Waals surface area contributed by atoms with E-state index in [1.165, 1.54) is 12.2 Å². The SMILES string of the molecule is CCOC(=O)c1c(-c2ccc(Cl)cc2)noc1NC(=O)/C=C/c1ccc(Cl)cc1Cl. The molecule has 6 nitrogen and oxygen atoms in total. The van der Waals surface area contributed by atoms with Gasteiger partial charge in [0.2, 0.25) is 5.88 Å². The average Bonchev–Trinajstić information content (AvgIpc) is 3.11. The highest BCUT2D eigenvalue weighted by Crippen LogP contribution is 2.30. The number of anilines is 1. The predicted molar refractivity (Wildman–Crippen MR) is 117 cm³/mol. The van der Waals surface area contributed by atoms with Crippen molar-refractivity contribution in [3.63, 3.8) is 0 Å². The number of amides is 1. The molecule has 1 amide bonds. The summed E-state index contributed by atoms with van der Waals surface area (Å²) in [6.07, 6.45) is 2.75. The van der Waals surface area contributed by atoms with Crippen molar-refractivity contribution >= 4 is 58.6 Å². The molecule has 0 saturated carbocycles. The zero-order chi connectivity index (χ0) is 21.7. The summed E-state index contributed by atoms with van der Waals surface area (Å²) >= 11 is 17.9. The fourth-order valence-corrected chi connectivity index (χ4v) is 3.13. The monoisotopic (exact) mass is 464 g/mol. The molecule has 3 rings (SSSR count). The summed E-state index contributed by atoms with van der Waals surface area (Å²) in [5.41, 5.74) is 1.41. The van der Waals surface area contributed by atoms with Crippen molar-refractivity contribution in [1.82, 2.24) is 5.16 Å². The minimum absolute atomic E-state index is 0.00504. The summed E-state index contributed by atoms with van der Waals surface area (Å²) in [5.74, 6) is -1.36. The van der Waals surface area contributed by atoms with Gasteiger partial charge in [0.05, 0.1) is 6.61 Å². The molecule has 0 radical (unpaired) electrons. The lowest BCUT2D eigenvalue weighted by atomic mass is 10.1. The van der Waals surface area contributed by atoms with Crippen molar-refractivity contribution in [2.24, 2.45) is 0 Å². The fourth-order valence-electron chi connectivity index (χ4n) is 2.53. The topological polar surface area (TPSA) is 81.4 Å². The number of nitrogens with zero attached hydrogens (tertiary/aromatic N) is 1. The Kier molecular flexibility index (Phi) is 7.15. The molecule has 0 spiro atoms. The number of nitrogens with one attached hydrogen (secondary N) is 1. The molecular formula is C21H15Cl3N2O4. The Labute approximate surface area is 187 Å². The molecule has 0 unspecified atom stereocenters. The van der Waals surface area contributed by atoms with Gasteiger partial charge in [0.1, 0.15) is 5.69 Å². The lowest BCUT2D eigenvalue weighted by Gasteiger charge is -2.05. The molecule has 0 aliphatic heterocycles. The van der Waals surface area contributed by atoms with E-state index in [-0.39, 0.29) is 23.7 Å². The van der Waals surface area contributed by atoms with Crippen LogP contribution in [0.4, 0.5) is 5.88 Å². The third kappa shape index (κ3) is 5.21. The van der Waals surface area contributed by atoms with Crippen LogP contribution in [0.25, 0.3) is 17.3 Å². The average molecular weight is 466 g/mol. The van der Waals surface area contributed by atoms with Gasteiger partial charge in [-0.15, -0.1) is 0 Å². The van der Waals surface area contributed by atoms with Crippen molar-refractivity contribution in [3.8, 4) is 11.3 Å². The quantitative estimate of drug-likeness (QED) is 0.350. The molecule has 9 heteroatoms. The summed E-state index contributed by atoms with van der Waals surface area (Å²) in [5, 5.41) is 7.83. The van der Waals surface area contributed by atoms with Crippen molar-refractivity contribution in [2.45, 2.75) is 6.92 Å². The molecule has 30 heavy (non-hydrogen) atoms. The Hall–Kier alpha value is -2.80. The van der Waals surface area contributed by atoms with Gasteiger partial charge < -0.3 is 9.26 Å². The third-order valence-corrected chi connectivity index (χ3v) is 4.72. The van der Waals surface area contributed by atoms with E-state index in [0.29, 0.717) is 26.2 Å². The molecular weight excluding hydrogens is 451 g/mol. The zero-order valence-corrected chi connectivity index (χ0v) is 17.9. The summed E-state index contributed by atoms with van der Waals surface area (Å²) in [7, 11) is 0. The highest BCUT2D eigenvalue weighted by molar-refractivity contribution is 6.35. The molecule has 0 atom stereocenters. The van der Waals surface area contributed by atoms with Gasteiger partial charge in [-0.25, -0.2) is 4.79 Å². The molecule has 2 aromatic carbocycles. The zero-order valence-electron chi connectivity index (χ0n) is 15.6. The maximum absolute atomic E-state index is 12.5. The van der Waals surface area contributed by atoms with E-state index in [1.807, 2.05) is 0 Å². The summed E-state index contributed by atoms with van der Waals surface area (Å²) in [6.45, 7) is 1.82. The molecule has 3 aromatic rings. The maximum atomic E-state index is 12.5. The fraction of sp³-hybridized carbons (Fsp3) is 0.0952. The predicted octanol–water partition coefficient (Wildman–Crippen LogP) is 6.13. The number of benzene rings is 2. The van der Waals surface area contributed by atoms with Crippen LogP contribution in [0.1, 0.15) is 22.8 Å². The molecule has 1 aromatic heterocycles. The van der Waals surface area contributed by atoms with E-state index in [1.54, 1.807) is 49.4 Å². The van der Waals surface area contributed by atoms with Gasteiger partial charge in [0, 0.05) is 26.7 Å². The lowest BCUT2D eigenvalue weighted by Crippen LogP contribution is -2.13. The van der Waals surface area contributed by atoms with E-state index in [2.05, 4.69) is 10.5 Å². The van der Waals surface area contributed by atoms with E-state index in [0.717, 1.165) is 0 Å². The van der Waals surface area contributed by atoms with E-state index in [9.17, 15) is 9.59 Å². The summed E-state index contributed by atoms with van der Waals surface area (Å²) < 4.78 is 10.3. The summed E-state index contributed by atoms with van der Waals surface area (Å²) in [6, 6.07) is 11.5. The molecule has 0 aliphatic carbocycles. The second-order valence-electron chi connectivity index (χ2n) is 5.95. The van der Waals surface area contributed by atoms with Crippen LogP contribution in [0, 0.1) is 0 Å². The Bertz CT molecular complexity index is 1110. The highest BCUT2D eigenvalue weighted by Gasteiger charge is 2.26. The van der Waals surface area contributed by atoms with E-state index in [4.69, 9.17) is 44.1 Å².